The number of hydrogen-bond acceptors (Lipinski definition) is 6. The standard InChI is InChI=1S/C15H21NO6/c1-15(2,3)22-21-13(18)12(9-17)16-14(19)20-10-11-7-5-4-6-8-11/h4-8,12,17H,9-10H2,1-3H3,(H,16,19)/t12-/m1/s1. The lowest BCUT2D eigenvalue weighted by Crippen LogP contribution is -2.45. The second-order valence-corrected chi connectivity index (χ2v) is 5.54. The van der Waals surface area contributed by atoms with Gasteiger partial charge in [0.2, 0.25) is 0 Å². The van der Waals surface area contributed by atoms with Crippen molar-refractivity contribution in [3.8, 4) is 0 Å². The maximum Gasteiger partial charge on any atom is 0.408 e. The molecule has 2 N–H and O–H groups in total. The number of aliphatic hydroxyl groups excluding tert-OH is 1. The van der Waals surface area contributed by atoms with Gasteiger partial charge in [0, 0.05) is 0 Å². The highest BCUT2D eigenvalue weighted by atomic mass is 17.2. The minimum Gasteiger partial charge on any atom is -0.445 e. The molecule has 7 heteroatoms. The van der Waals surface area contributed by atoms with Gasteiger partial charge in [0.1, 0.15) is 12.2 Å². The van der Waals surface area contributed by atoms with E-state index in [9.17, 15) is 9.59 Å². The van der Waals surface area contributed by atoms with Crippen LogP contribution in [-0.4, -0.2) is 35.4 Å². The third kappa shape index (κ3) is 7.05. The maximum absolute atomic E-state index is 11.7. The number of aliphatic hydroxyl groups is 1. The fourth-order valence-corrected chi connectivity index (χ4v) is 1.31. The van der Waals surface area contributed by atoms with Crippen molar-refractivity contribution in [2.45, 2.75) is 39.0 Å². The van der Waals surface area contributed by atoms with Crippen molar-refractivity contribution in [1.29, 1.82) is 0 Å². The summed E-state index contributed by atoms with van der Waals surface area (Å²) >= 11 is 0. The summed E-state index contributed by atoms with van der Waals surface area (Å²) in [5.74, 6) is -0.908. The van der Waals surface area contributed by atoms with Gasteiger partial charge in [-0.15, -0.1) is 0 Å². The van der Waals surface area contributed by atoms with Crippen molar-refractivity contribution < 1.29 is 29.2 Å². The first-order chi connectivity index (χ1) is 10.3. The zero-order valence-electron chi connectivity index (χ0n) is 12.9. The molecule has 1 aromatic rings. The SMILES string of the molecule is CC(C)(C)OOC(=O)[C@@H](CO)NC(=O)OCc1ccccc1. The third-order valence-corrected chi connectivity index (χ3v) is 2.35. The molecule has 122 valence electrons. The van der Waals surface area contributed by atoms with Gasteiger partial charge >= 0.3 is 12.1 Å². The number of rotatable bonds is 6. The van der Waals surface area contributed by atoms with Crippen LogP contribution in [0.3, 0.4) is 0 Å². The van der Waals surface area contributed by atoms with Crippen LogP contribution in [0.15, 0.2) is 30.3 Å². The van der Waals surface area contributed by atoms with Gasteiger partial charge in [0.05, 0.1) is 6.61 Å². The van der Waals surface area contributed by atoms with Gasteiger partial charge in [-0.05, 0) is 26.3 Å². The topological polar surface area (TPSA) is 94.1 Å². The number of benzene rings is 1. The predicted octanol–water partition coefficient (Wildman–Crippen LogP) is 1.55. The monoisotopic (exact) mass is 311 g/mol. The molecule has 0 saturated carbocycles. The molecule has 0 aromatic heterocycles. The molecule has 0 radical (unpaired) electrons. The molecule has 0 unspecified atom stereocenters. The van der Waals surface area contributed by atoms with Gasteiger partial charge in [-0.25, -0.2) is 9.59 Å². The molecule has 0 heterocycles. The summed E-state index contributed by atoms with van der Waals surface area (Å²) in [6.07, 6.45) is -0.837. The summed E-state index contributed by atoms with van der Waals surface area (Å²) < 4.78 is 4.95. The van der Waals surface area contributed by atoms with E-state index in [2.05, 4.69) is 10.2 Å². The van der Waals surface area contributed by atoms with Crippen LogP contribution < -0.4 is 5.32 Å². The fraction of sp³-hybridized carbons (Fsp3) is 0.467. The van der Waals surface area contributed by atoms with Crippen molar-refractivity contribution in [3.05, 3.63) is 35.9 Å². The first-order valence-electron chi connectivity index (χ1n) is 6.79. The molecule has 0 saturated heterocycles. The van der Waals surface area contributed by atoms with E-state index in [0.29, 0.717) is 0 Å². The minimum atomic E-state index is -1.26. The quantitative estimate of drug-likeness (QED) is 0.611. The number of nitrogens with one attached hydrogen (secondary N) is 1. The predicted molar refractivity (Wildman–Crippen MR) is 77.6 cm³/mol. The summed E-state index contributed by atoms with van der Waals surface area (Å²) in [7, 11) is 0. The van der Waals surface area contributed by atoms with E-state index in [1.165, 1.54) is 0 Å². The summed E-state index contributed by atoms with van der Waals surface area (Å²) in [5.41, 5.74) is 0.112. The number of hydrogen-bond donors (Lipinski definition) is 2. The first-order valence-corrected chi connectivity index (χ1v) is 6.79. The number of amides is 1. The Morgan fingerprint density at radius 1 is 1.23 bits per heavy atom. The Kier molecular flexibility index (Phi) is 6.81. The van der Waals surface area contributed by atoms with Gasteiger partial charge in [0.15, 0.2) is 6.04 Å². The van der Waals surface area contributed by atoms with Crippen molar-refractivity contribution in [2.75, 3.05) is 6.61 Å². The van der Waals surface area contributed by atoms with E-state index in [1.54, 1.807) is 32.9 Å². The van der Waals surface area contributed by atoms with Gasteiger partial charge in [-0.3, -0.25) is 4.89 Å². The van der Waals surface area contributed by atoms with Crippen LogP contribution in [0.4, 0.5) is 4.79 Å². The van der Waals surface area contributed by atoms with Gasteiger partial charge in [-0.2, -0.15) is 4.89 Å². The Bertz CT molecular complexity index is 483. The number of carbonyl (C=O) groups is 2. The molecule has 0 bridgehead atoms. The zero-order chi connectivity index (χ0) is 16.6. The molecule has 0 spiro atoms. The van der Waals surface area contributed by atoms with Crippen LogP contribution in [-0.2, 0) is 25.9 Å². The van der Waals surface area contributed by atoms with Gasteiger partial charge in [0.25, 0.3) is 0 Å². The van der Waals surface area contributed by atoms with E-state index < -0.39 is 30.3 Å². The van der Waals surface area contributed by atoms with Gasteiger partial charge in [-0.1, -0.05) is 30.3 Å². The van der Waals surface area contributed by atoms with E-state index >= 15 is 0 Å². The summed E-state index contributed by atoms with van der Waals surface area (Å²) in [6.45, 7) is 4.49. The normalized spacial score (nSPS) is 12.4. The van der Waals surface area contributed by atoms with Crippen molar-refractivity contribution in [2.24, 2.45) is 0 Å². The highest BCUT2D eigenvalue weighted by molar-refractivity contribution is 5.81. The summed E-state index contributed by atoms with van der Waals surface area (Å²) in [6, 6.07) is 7.80. The van der Waals surface area contributed by atoms with E-state index in [0.717, 1.165) is 5.56 Å². The van der Waals surface area contributed by atoms with Crippen molar-refractivity contribution in [1.82, 2.24) is 5.32 Å². The lowest BCUT2D eigenvalue weighted by molar-refractivity contribution is -0.321. The second kappa shape index (κ2) is 8.35. The molecule has 1 amide bonds. The zero-order valence-corrected chi connectivity index (χ0v) is 12.9. The Morgan fingerprint density at radius 3 is 2.41 bits per heavy atom. The Morgan fingerprint density at radius 2 is 1.86 bits per heavy atom. The lowest BCUT2D eigenvalue weighted by Gasteiger charge is -2.19. The maximum atomic E-state index is 11.7. The molecule has 1 atom stereocenters. The number of carbonyl (C=O) groups excluding carboxylic acids is 2. The molecule has 0 aliphatic heterocycles. The van der Waals surface area contributed by atoms with Crippen LogP contribution in [0.1, 0.15) is 26.3 Å². The van der Waals surface area contributed by atoms with Crippen LogP contribution >= 0.6 is 0 Å². The largest absolute Gasteiger partial charge is 0.445 e. The highest BCUT2D eigenvalue weighted by Crippen LogP contribution is 2.08. The van der Waals surface area contributed by atoms with Crippen molar-refractivity contribution >= 4 is 12.1 Å². The molecule has 0 aliphatic rings. The minimum absolute atomic E-state index is 0.0539. The van der Waals surface area contributed by atoms with E-state index in [-0.39, 0.29) is 6.61 Å². The van der Waals surface area contributed by atoms with Crippen LogP contribution in [0, 0.1) is 0 Å². The Balaban J connectivity index is 2.41. The van der Waals surface area contributed by atoms with Crippen LogP contribution in [0.5, 0.6) is 0 Å². The molecular formula is C15H21NO6. The molecule has 0 aliphatic carbocycles. The van der Waals surface area contributed by atoms with Crippen LogP contribution in [0.2, 0.25) is 0 Å². The summed E-state index contributed by atoms with van der Waals surface area (Å²) in [4.78, 5) is 32.6. The van der Waals surface area contributed by atoms with E-state index in [1.807, 2.05) is 18.2 Å². The fourth-order valence-electron chi connectivity index (χ4n) is 1.31. The molecule has 1 rings (SSSR count). The smallest absolute Gasteiger partial charge is 0.408 e. The van der Waals surface area contributed by atoms with Crippen molar-refractivity contribution in [3.63, 3.8) is 0 Å². The first kappa shape index (κ1) is 17.9. The second-order valence-electron chi connectivity index (χ2n) is 5.54. The highest BCUT2D eigenvalue weighted by Gasteiger charge is 2.25. The molecular weight excluding hydrogens is 290 g/mol. The Hall–Kier alpha value is -2.12. The average molecular weight is 311 g/mol. The molecule has 1 aromatic carbocycles. The Labute approximate surface area is 129 Å². The van der Waals surface area contributed by atoms with Gasteiger partial charge < -0.3 is 15.2 Å². The average Bonchev–Trinajstić information content (AvgIpc) is 2.48. The third-order valence-electron chi connectivity index (χ3n) is 2.35. The molecule has 0 fully saturated rings. The molecule has 7 nitrogen and oxygen atoms in total. The van der Waals surface area contributed by atoms with Crippen LogP contribution in [0.25, 0.3) is 0 Å². The van der Waals surface area contributed by atoms with E-state index in [4.69, 9.17) is 14.7 Å². The summed E-state index contributed by atoms with van der Waals surface area (Å²) in [5, 5.41) is 11.3. The number of ether oxygens (including phenoxy) is 1. The molecule has 22 heavy (non-hydrogen) atoms. The lowest BCUT2D eigenvalue weighted by atomic mass is 10.2. The number of alkyl carbamates (subject to hydrolysis) is 1.